The molecule has 3 rings (SSSR count). The van der Waals surface area contributed by atoms with Gasteiger partial charge in [-0.05, 0) is 36.9 Å². The van der Waals surface area contributed by atoms with Crippen molar-refractivity contribution in [1.82, 2.24) is 15.6 Å². The van der Waals surface area contributed by atoms with Gasteiger partial charge in [0.15, 0.2) is 5.96 Å². The molecule has 2 heterocycles. The van der Waals surface area contributed by atoms with Crippen molar-refractivity contribution in [3.05, 3.63) is 64.2 Å². The minimum Gasteiger partial charge on any atom is -0.444 e. The lowest BCUT2D eigenvalue weighted by molar-refractivity contribution is 0.572. The van der Waals surface area contributed by atoms with E-state index < -0.39 is 0 Å². The first-order chi connectivity index (χ1) is 12.2. The fourth-order valence-electron chi connectivity index (χ4n) is 2.37. The van der Waals surface area contributed by atoms with Gasteiger partial charge in [-0.15, -0.1) is 35.3 Å². The van der Waals surface area contributed by atoms with Crippen molar-refractivity contribution in [2.24, 2.45) is 4.99 Å². The average Bonchev–Trinajstić information content (AvgIpc) is 3.30. The van der Waals surface area contributed by atoms with Crippen molar-refractivity contribution in [3.8, 4) is 11.5 Å². The van der Waals surface area contributed by atoms with Gasteiger partial charge in [0.05, 0.1) is 12.2 Å². The number of benzene rings is 1. The molecule has 1 aromatic carbocycles. The third-order valence-electron chi connectivity index (χ3n) is 3.75. The number of oxazole rings is 1. The van der Waals surface area contributed by atoms with E-state index in [0.717, 1.165) is 30.2 Å². The number of nitrogens with one attached hydrogen (secondary N) is 2. The molecule has 7 heteroatoms. The van der Waals surface area contributed by atoms with E-state index in [4.69, 9.17) is 4.42 Å². The maximum atomic E-state index is 5.58. The van der Waals surface area contributed by atoms with E-state index in [0.29, 0.717) is 12.4 Å². The topological polar surface area (TPSA) is 62.5 Å². The molecule has 0 radical (unpaired) electrons. The molecule has 0 aliphatic heterocycles. The molecule has 0 aliphatic carbocycles. The second-order valence-electron chi connectivity index (χ2n) is 5.69. The summed E-state index contributed by atoms with van der Waals surface area (Å²) in [7, 11) is 1.76. The highest BCUT2D eigenvalue weighted by Crippen LogP contribution is 2.18. The van der Waals surface area contributed by atoms with E-state index in [1.54, 1.807) is 24.6 Å². The van der Waals surface area contributed by atoms with E-state index in [-0.39, 0.29) is 24.0 Å². The maximum Gasteiger partial charge on any atom is 0.226 e. The van der Waals surface area contributed by atoms with Gasteiger partial charge in [0.2, 0.25) is 5.89 Å². The summed E-state index contributed by atoms with van der Waals surface area (Å²) in [6.07, 6.45) is 2.67. The molecular weight excluding hydrogens is 459 g/mol. The average molecular weight is 482 g/mol. The van der Waals surface area contributed by atoms with E-state index in [1.807, 2.05) is 12.1 Å². The highest BCUT2D eigenvalue weighted by Gasteiger charge is 2.07. The lowest BCUT2D eigenvalue weighted by Crippen LogP contribution is -2.37. The number of aryl methyl sites for hydroxylation is 1. The fraction of sp³-hybridized carbons (Fsp3) is 0.263. The van der Waals surface area contributed by atoms with Crippen molar-refractivity contribution in [2.75, 3.05) is 13.6 Å². The van der Waals surface area contributed by atoms with Crippen LogP contribution in [0.15, 0.2) is 57.5 Å². The Morgan fingerprint density at radius 2 is 2.00 bits per heavy atom. The summed E-state index contributed by atoms with van der Waals surface area (Å²) in [6, 6.07) is 12.4. The third-order valence-corrected chi connectivity index (χ3v) is 4.69. The Balaban J connectivity index is 0.00000243. The summed E-state index contributed by atoms with van der Waals surface area (Å²) >= 11 is 1.77. The minimum absolute atomic E-state index is 0. The Kier molecular flexibility index (Phi) is 8.11. The van der Waals surface area contributed by atoms with Gasteiger partial charge in [-0.3, -0.25) is 4.99 Å². The first-order valence-electron chi connectivity index (χ1n) is 8.23. The predicted molar refractivity (Wildman–Crippen MR) is 118 cm³/mol. The van der Waals surface area contributed by atoms with Crippen LogP contribution in [0.4, 0.5) is 0 Å². The van der Waals surface area contributed by atoms with E-state index in [1.165, 1.54) is 10.4 Å². The molecule has 0 aliphatic rings. The molecule has 0 fully saturated rings. The van der Waals surface area contributed by atoms with Crippen LogP contribution in [0.3, 0.4) is 0 Å². The van der Waals surface area contributed by atoms with Gasteiger partial charge in [0.1, 0.15) is 6.26 Å². The van der Waals surface area contributed by atoms with Crippen LogP contribution in [-0.4, -0.2) is 24.5 Å². The molecule has 5 nitrogen and oxygen atoms in total. The SMILES string of the molecule is CN=C(NCCc1cccs1)NCc1coc(-c2ccc(C)cc2)n1.I. The molecule has 0 saturated heterocycles. The number of halogens is 1. The van der Waals surface area contributed by atoms with Crippen molar-refractivity contribution in [2.45, 2.75) is 19.9 Å². The molecule has 0 atom stereocenters. The number of hydrogen-bond donors (Lipinski definition) is 2. The zero-order valence-electron chi connectivity index (χ0n) is 14.9. The van der Waals surface area contributed by atoms with Gasteiger partial charge in [0, 0.05) is 24.0 Å². The fourth-order valence-corrected chi connectivity index (χ4v) is 3.08. The van der Waals surface area contributed by atoms with Crippen molar-refractivity contribution >= 4 is 41.3 Å². The Morgan fingerprint density at radius 3 is 2.69 bits per heavy atom. The molecule has 3 aromatic rings. The summed E-state index contributed by atoms with van der Waals surface area (Å²) in [5.41, 5.74) is 3.04. The molecular formula is C19H23IN4OS. The number of hydrogen-bond acceptors (Lipinski definition) is 4. The van der Waals surface area contributed by atoms with Crippen molar-refractivity contribution in [3.63, 3.8) is 0 Å². The van der Waals surface area contributed by atoms with Gasteiger partial charge < -0.3 is 15.1 Å². The van der Waals surface area contributed by atoms with Crippen molar-refractivity contribution < 1.29 is 4.42 Å². The molecule has 138 valence electrons. The van der Waals surface area contributed by atoms with Crippen LogP contribution in [0.5, 0.6) is 0 Å². The number of guanidine groups is 1. The second kappa shape index (κ2) is 10.3. The molecule has 2 N–H and O–H groups in total. The zero-order valence-corrected chi connectivity index (χ0v) is 18.0. The molecule has 0 bridgehead atoms. The Hall–Kier alpha value is -1.87. The Morgan fingerprint density at radius 1 is 1.19 bits per heavy atom. The molecule has 26 heavy (non-hydrogen) atoms. The first-order valence-corrected chi connectivity index (χ1v) is 9.11. The number of rotatable bonds is 6. The summed E-state index contributed by atoms with van der Waals surface area (Å²) in [6.45, 7) is 3.47. The van der Waals surface area contributed by atoms with Crippen LogP contribution in [-0.2, 0) is 13.0 Å². The Labute approximate surface area is 175 Å². The van der Waals surface area contributed by atoms with E-state index in [2.05, 4.69) is 57.2 Å². The number of aliphatic imine (C=N–C) groups is 1. The lowest BCUT2D eigenvalue weighted by Gasteiger charge is -2.10. The van der Waals surface area contributed by atoms with Crippen LogP contribution in [0.25, 0.3) is 11.5 Å². The molecule has 0 saturated carbocycles. The van der Waals surface area contributed by atoms with Crippen LogP contribution in [0, 0.1) is 6.92 Å². The second-order valence-corrected chi connectivity index (χ2v) is 6.72. The molecule has 2 aromatic heterocycles. The number of thiophene rings is 1. The van der Waals surface area contributed by atoms with Crippen molar-refractivity contribution in [1.29, 1.82) is 0 Å². The smallest absolute Gasteiger partial charge is 0.226 e. The molecule has 0 amide bonds. The summed E-state index contributed by atoms with van der Waals surface area (Å²) < 4.78 is 5.58. The monoisotopic (exact) mass is 482 g/mol. The zero-order chi connectivity index (χ0) is 17.5. The molecule has 0 spiro atoms. The van der Waals surface area contributed by atoms with Gasteiger partial charge in [-0.25, -0.2) is 4.98 Å². The summed E-state index contributed by atoms with van der Waals surface area (Å²) in [5, 5.41) is 8.67. The quantitative estimate of drug-likeness (QED) is 0.314. The standard InChI is InChI=1S/C19H22N4OS.HI/c1-14-5-7-15(8-6-14)18-23-16(13-24-18)12-22-19(20-2)21-10-9-17-4-3-11-25-17;/h3-8,11,13H,9-10,12H2,1-2H3,(H2,20,21,22);1H. The highest BCUT2D eigenvalue weighted by molar-refractivity contribution is 14.0. The Bertz CT molecular complexity index is 812. The summed E-state index contributed by atoms with van der Waals surface area (Å²) in [4.78, 5) is 10.1. The van der Waals surface area contributed by atoms with Gasteiger partial charge >= 0.3 is 0 Å². The number of aromatic nitrogens is 1. The van der Waals surface area contributed by atoms with Gasteiger partial charge in [-0.2, -0.15) is 0 Å². The normalized spacial score (nSPS) is 11.1. The highest BCUT2D eigenvalue weighted by atomic mass is 127. The van der Waals surface area contributed by atoms with Gasteiger partial charge in [-0.1, -0.05) is 23.8 Å². The lowest BCUT2D eigenvalue weighted by atomic mass is 10.1. The van der Waals surface area contributed by atoms with E-state index in [9.17, 15) is 0 Å². The van der Waals surface area contributed by atoms with E-state index >= 15 is 0 Å². The van der Waals surface area contributed by atoms with Crippen LogP contribution in [0.1, 0.15) is 16.1 Å². The molecule has 0 unspecified atom stereocenters. The minimum atomic E-state index is 0. The summed E-state index contributed by atoms with van der Waals surface area (Å²) in [5.74, 6) is 1.40. The largest absolute Gasteiger partial charge is 0.444 e. The van der Waals surface area contributed by atoms with Crippen LogP contribution >= 0.6 is 35.3 Å². The predicted octanol–water partition coefficient (Wildman–Crippen LogP) is 4.24. The maximum absolute atomic E-state index is 5.58. The first kappa shape index (κ1) is 20.4. The number of nitrogens with zero attached hydrogens (tertiary/aromatic N) is 2. The third kappa shape index (κ3) is 5.84. The van der Waals surface area contributed by atoms with Crippen LogP contribution < -0.4 is 10.6 Å². The van der Waals surface area contributed by atoms with Gasteiger partial charge in [0.25, 0.3) is 0 Å². The van der Waals surface area contributed by atoms with Crippen LogP contribution in [0.2, 0.25) is 0 Å².